The van der Waals surface area contributed by atoms with Gasteiger partial charge >= 0.3 is 5.97 Å². The lowest BCUT2D eigenvalue weighted by Gasteiger charge is -2.17. The average molecular weight is 305 g/mol. The summed E-state index contributed by atoms with van der Waals surface area (Å²) in [6.07, 6.45) is 3.23. The van der Waals surface area contributed by atoms with E-state index in [4.69, 9.17) is 9.84 Å². The van der Waals surface area contributed by atoms with Gasteiger partial charge < -0.3 is 15.2 Å². The summed E-state index contributed by atoms with van der Waals surface area (Å²) < 4.78 is 5.64. The van der Waals surface area contributed by atoms with Crippen LogP contribution in [0.1, 0.15) is 37.7 Å². The molecule has 2 atom stereocenters. The van der Waals surface area contributed by atoms with Gasteiger partial charge in [-0.25, -0.2) is 0 Å². The first kappa shape index (κ1) is 16.3. The Bertz CT molecular complexity index is 529. The molecule has 1 aliphatic carbocycles. The zero-order valence-electron chi connectivity index (χ0n) is 12.9. The largest absolute Gasteiger partial charge is 0.493 e. The highest BCUT2D eigenvalue weighted by atomic mass is 16.5. The van der Waals surface area contributed by atoms with E-state index < -0.39 is 11.9 Å². The van der Waals surface area contributed by atoms with Crippen molar-refractivity contribution in [1.82, 2.24) is 5.32 Å². The second-order valence-electron chi connectivity index (χ2n) is 5.77. The van der Waals surface area contributed by atoms with E-state index in [0.29, 0.717) is 25.9 Å². The lowest BCUT2D eigenvalue weighted by molar-refractivity contribution is -0.142. The summed E-state index contributed by atoms with van der Waals surface area (Å²) >= 11 is 0. The number of aryl methyl sites for hydroxylation is 1. The standard InChI is InChI=1S/C17H23NO4/c1-12-6-2-3-9-15(12)22-11-5-10-16(19)18-14-8-4-7-13(14)17(20)21/h2-3,6,9,13-14H,4-5,7-8,10-11H2,1H3,(H,18,19)(H,20,21)/t13-,14+/m0/s1. The Kier molecular flexibility index (Phi) is 5.81. The normalized spacial score (nSPS) is 20.6. The second kappa shape index (κ2) is 7.82. The van der Waals surface area contributed by atoms with Crippen molar-refractivity contribution in [2.45, 2.75) is 45.1 Å². The van der Waals surface area contributed by atoms with Gasteiger partial charge in [-0.3, -0.25) is 9.59 Å². The molecule has 1 amide bonds. The van der Waals surface area contributed by atoms with Gasteiger partial charge in [0.05, 0.1) is 12.5 Å². The van der Waals surface area contributed by atoms with E-state index in [2.05, 4.69) is 5.32 Å². The van der Waals surface area contributed by atoms with Crippen LogP contribution in [-0.2, 0) is 9.59 Å². The highest BCUT2D eigenvalue weighted by Gasteiger charge is 2.33. The number of nitrogens with one attached hydrogen (secondary N) is 1. The number of carboxylic acid groups (broad SMARTS) is 1. The number of hydrogen-bond acceptors (Lipinski definition) is 3. The third-order valence-electron chi connectivity index (χ3n) is 4.08. The summed E-state index contributed by atoms with van der Waals surface area (Å²) in [4.78, 5) is 23.0. The lowest BCUT2D eigenvalue weighted by atomic mass is 10.0. The molecule has 2 N–H and O–H groups in total. The fourth-order valence-corrected chi connectivity index (χ4v) is 2.84. The Hall–Kier alpha value is -2.04. The third kappa shape index (κ3) is 4.48. The molecule has 0 radical (unpaired) electrons. The Morgan fingerprint density at radius 1 is 1.32 bits per heavy atom. The molecule has 0 aliphatic heterocycles. The summed E-state index contributed by atoms with van der Waals surface area (Å²) in [5.74, 6) is -0.506. The van der Waals surface area contributed by atoms with Crippen molar-refractivity contribution in [2.75, 3.05) is 6.61 Å². The maximum atomic E-state index is 11.9. The number of hydrogen-bond donors (Lipinski definition) is 2. The molecular formula is C17H23NO4. The van der Waals surface area contributed by atoms with Gasteiger partial charge in [0.2, 0.25) is 5.91 Å². The molecule has 22 heavy (non-hydrogen) atoms. The minimum absolute atomic E-state index is 0.0912. The van der Waals surface area contributed by atoms with Crippen LogP contribution in [-0.4, -0.2) is 29.6 Å². The number of rotatable bonds is 7. The van der Waals surface area contributed by atoms with Gasteiger partial charge in [-0.1, -0.05) is 24.6 Å². The van der Waals surface area contributed by atoms with Crippen LogP contribution in [0.4, 0.5) is 0 Å². The molecule has 5 heteroatoms. The molecule has 120 valence electrons. The van der Waals surface area contributed by atoms with Gasteiger partial charge in [0.25, 0.3) is 0 Å². The molecule has 0 saturated heterocycles. The van der Waals surface area contributed by atoms with Crippen molar-refractivity contribution < 1.29 is 19.4 Å². The molecule has 0 spiro atoms. The van der Waals surface area contributed by atoms with Gasteiger partial charge in [0.1, 0.15) is 5.75 Å². The number of amides is 1. The quantitative estimate of drug-likeness (QED) is 0.759. The fourth-order valence-electron chi connectivity index (χ4n) is 2.84. The van der Waals surface area contributed by atoms with Crippen molar-refractivity contribution >= 4 is 11.9 Å². The molecule has 1 fully saturated rings. The smallest absolute Gasteiger partial charge is 0.308 e. The van der Waals surface area contributed by atoms with Crippen LogP contribution in [0.15, 0.2) is 24.3 Å². The Balaban J connectivity index is 1.68. The predicted molar refractivity (Wildman–Crippen MR) is 82.8 cm³/mol. The molecule has 2 rings (SSSR count). The molecule has 1 saturated carbocycles. The molecule has 0 heterocycles. The van der Waals surface area contributed by atoms with E-state index in [1.54, 1.807) is 0 Å². The van der Waals surface area contributed by atoms with Crippen LogP contribution < -0.4 is 10.1 Å². The second-order valence-corrected chi connectivity index (χ2v) is 5.77. The molecule has 1 aliphatic rings. The zero-order chi connectivity index (χ0) is 15.9. The SMILES string of the molecule is Cc1ccccc1OCCCC(=O)N[C@@H]1CCC[C@@H]1C(=O)O. The van der Waals surface area contributed by atoms with Gasteiger partial charge in [-0.05, 0) is 37.8 Å². The van der Waals surface area contributed by atoms with Gasteiger partial charge in [0.15, 0.2) is 0 Å². The van der Waals surface area contributed by atoms with Crippen LogP contribution in [0.25, 0.3) is 0 Å². The maximum absolute atomic E-state index is 11.9. The van der Waals surface area contributed by atoms with E-state index in [1.807, 2.05) is 31.2 Å². The Labute approximate surface area is 130 Å². The van der Waals surface area contributed by atoms with Crippen LogP contribution in [0.2, 0.25) is 0 Å². The number of carboxylic acids is 1. The van der Waals surface area contributed by atoms with E-state index in [0.717, 1.165) is 24.2 Å². The lowest BCUT2D eigenvalue weighted by Crippen LogP contribution is -2.40. The minimum atomic E-state index is -0.814. The first-order valence-corrected chi connectivity index (χ1v) is 7.78. The van der Waals surface area contributed by atoms with Crippen molar-refractivity contribution in [2.24, 2.45) is 5.92 Å². The summed E-state index contributed by atoms with van der Waals surface area (Å²) in [6, 6.07) is 7.54. The first-order valence-electron chi connectivity index (χ1n) is 7.78. The fraction of sp³-hybridized carbons (Fsp3) is 0.529. The summed E-state index contributed by atoms with van der Waals surface area (Å²) in [6.45, 7) is 2.46. The number of para-hydroxylation sites is 1. The number of ether oxygens (including phenoxy) is 1. The van der Waals surface area contributed by atoms with E-state index in [9.17, 15) is 9.59 Å². The summed E-state index contributed by atoms with van der Waals surface area (Å²) in [5.41, 5.74) is 1.07. The minimum Gasteiger partial charge on any atom is -0.493 e. The van der Waals surface area contributed by atoms with Gasteiger partial charge in [-0.2, -0.15) is 0 Å². The van der Waals surface area contributed by atoms with Crippen molar-refractivity contribution in [3.05, 3.63) is 29.8 Å². The van der Waals surface area contributed by atoms with Crippen LogP contribution in [0.3, 0.4) is 0 Å². The predicted octanol–water partition coefficient (Wildman–Crippen LogP) is 2.52. The topological polar surface area (TPSA) is 75.6 Å². The zero-order valence-corrected chi connectivity index (χ0v) is 12.9. The number of aliphatic carboxylic acids is 1. The summed E-state index contributed by atoms with van der Waals surface area (Å²) in [7, 11) is 0. The molecule has 0 aromatic heterocycles. The van der Waals surface area contributed by atoms with Gasteiger partial charge in [-0.15, -0.1) is 0 Å². The van der Waals surface area contributed by atoms with Crippen LogP contribution in [0.5, 0.6) is 5.75 Å². The molecule has 0 bridgehead atoms. The van der Waals surface area contributed by atoms with Crippen molar-refractivity contribution in [3.63, 3.8) is 0 Å². The van der Waals surface area contributed by atoms with Crippen LogP contribution >= 0.6 is 0 Å². The molecular weight excluding hydrogens is 282 g/mol. The Morgan fingerprint density at radius 3 is 2.82 bits per heavy atom. The number of carbonyl (C=O) groups excluding carboxylic acids is 1. The van der Waals surface area contributed by atoms with E-state index >= 15 is 0 Å². The highest BCUT2D eigenvalue weighted by Crippen LogP contribution is 2.25. The van der Waals surface area contributed by atoms with Gasteiger partial charge in [0, 0.05) is 12.5 Å². The molecule has 1 aromatic rings. The monoisotopic (exact) mass is 305 g/mol. The van der Waals surface area contributed by atoms with E-state index in [1.165, 1.54) is 0 Å². The molecule has 1 aromatic carbocycles. The third-order valence-corrected chi connectivity index (χ3v) is 4.08. The van der Waals surface area contributed by atoms with Crippen molar-refractivity contribution in [1.29, 1.82) is 0 Å². The number of benzene rings is 1. The Morgan fingerprint density at radius 2 is 2.09 bits per heavy atom. The molecule has 5 nitrogen and oxygen atoms in total. The maximum Gasteiger partial charge on any atom is 0.308 e. The van der Waals surface area contributed by atoms with E-state index in [-0.39, 0.29) is 11.9 Å². The summed E-state index contributed by atoms with van der Waals surface area (Å²) in [5, 5.41) is 11.9. The average Bonchev–Trinajstić information content (AvgIpc) is 2.93. The van der Waals surface area contributed by atoms with Crippen LogP contribution in [0, 0.1) is 12.8 Å². The van der Waals surface area contributed by atoms with Crippen molar-refractivity contribution in [3.8, 4) is 5.75 Å². The first-order chi connectivity index (χ1) is 10.6. The highest BCUT2D eigenvalue weighted by molar-refractivity contribution is 5.78. The molecule has 0 unspecified atom stereocenters. The number of carbonyl (C=O) groups is 2.